The lowest BCUT2D eigenvalue weighted by molar-refractivity contribution is -0.113. The molecule has 1 aliphatic heterocycles. The molecule has 0 radical (unpaired) electrons. The molecule has 8 heteroatoms. The van der Waals surface area contributed by atoms with Gasteiger partial charge < -0.3 is 20.1 Å². The lowest BCUT2D eigenvalue weighted by Gasteiger charge is -2.30. The summed E-state index contributed by atoms with van der Waals surface area (Å²) in [5.74, 6) is 1.95. The Kier molecular flexibility index (Phi) is 6.40. The molecule has 2 heterocycles. The Morgan fingerprint density at radius 2 is 1.73 bits per heavy atom. The Bertz CT molecular complexity index is 1510. The molecule has 0 fully saturated rings. The van der Waals surface area contributed by atoms with Crippen molar-refractivity contribution in [3.05, 3.63) is 94.7 Å². The molecule has 0 saturated heterocycles. The standard InChI is InChI=1S/C29H29N5O3/c1-17-14-15-20(16-18(17)2)27-32-29-30-19(3)24(28(35)31-21-10-7-6-8-11-21)25(34(29)33-27)22-12-9-13-23(36-4)26(22)37-5/h6-16,25H,1-5H3,(H,31,35)(H,30,32,33). The number of para-hydroxylation sites is 2. The molecule has 1 unspecified atom stereocenters. The summed E-state index contributed by atoms with van der Waals surface area (Å²) >= 11 is 0. The van der Waals surface area contributed by atoms with E-state index in [1.807, 2.05) is 61.5 Å². The van der Waals surface area contributed by atoms with Gasteiger partial charge in [-0.05, 0) is 56.2 Å². The van der Waals surface area contributed by atoms with Crippen molar-refractivity contribution in [2.24, 2.45) is 0 Å². The van der Waals surface area contributed by atoms with E-state index in [1.54, 1.807) is 18.9 Å². The van der Waals surface area contributed by atoms with Crippen LogP contribution in [0.2, 0.25) is 0 Å². The minimum absolute atomic E-state index is 0.250. The molecule has 1 amide bonds. The first-order chi connectivity index (χ1) is 17.9. The minimum atomic E-state index is -0.613. The van der Waals surface area contributed by atoms with E-state index in [0.29, 0.717) is 40.2 Å². The monoisotopic (exact) mass is 495 g/mol. The molecule has 0 bridgehead atoms. The quantitative estimate of drug-likeness (QED) is 0.367. The van der Waals surface area contributed by atoms with Crippen LogP contribution in [0.5, 0.6) is 11.5 Å². The first-order valence-corrected chi connectivity index (χ1v) is 12.0. The number of fused-ring (bicyclic) bond motifs is 1. The molecule has 0 saturated carbocycles. The fourth-order valence-electron chi connectivity index (χ4n) is 4.58. The van der Waals surface area contributed by atoms with Gasteiger partial charge in [-0.3, -0.25) is 4.79 Å². The van der Waals surface area contributed by atoms with Gasteiger partial charge in [0.1, 0.15) is 6.04 Å². The summed E-state index contributed by atoms with van der Waals surface area (Å²) in [5.41, 5.74) is 5.86. The fraction of sp³-hybridized carbons (Fsp3) is 0.207. The highest BCUT2D eigenvalue weighted by molar-refractivity contribution is 6.06. The zero-order chi connectivity index (χ0) is 26.1. The summed E-state index contributed by atoms with van der Waals surface area (Å²) < 4.78 is 13.1. The summed E-state index contributed by atoms with van der Waals surface area (Å²) in [6.45, 7) is 6.00. The number of anilines is 2. The number of rotatable bonds is 6. The maximum Gasteiger partial charge on any atom is 0.255 e. The van der Waals surface area contributed by atoms with Gasteiger partial charge >= 0.3 is 0 Å². The average Bonchev–Trinajstić information content (AvgIpc) is 3.33. The number of carbonyl (C=O) groups is 1. The molecule has 5 rings (SSSR count). The SMILES string of the molecule is COc1cccc(C2C(C(=O)Nc3ccccc3)=C(C)Nc3nc(-c4ccc(C)c(C)c4)nn32)c1OC. The normalized spacial score (nSPS) is 14.6. The van der Waals surface area contributed by atoms with Crippen molar-refractivity contribution in [3.63, 3.8) is 0 Å². The number of benzene rings is 3. The van der Waals surface area contributed by atoms with Crippen LogP contribution in [0.4, 0.5) is 11.6 Å². The van der Waals surface area contributed by atoms with Gasteiger partial charge in [0, 0.05) is 22.5 Å². The van der Waals surface area contributed by atoms with Crippen molar-refractivity contribution in [2.75, 3.05) is 24.9 Å². The minimum Gasteiger partial charge on any atom is -0.493 e. The van der Waals surface area contributed by atoms with E-state index < -0.39 is 6.04 Å². The van der Waals surface area contributed by atoms with Crippen molar-refractivity contribution < 1.29 is 14.3 Å². The number of aryl methyl sites for hydroxylation is 2. The summed E-state index contributed by atoms with van der Waals surface area (Å²) in [6.07, 6.45) is 0. The summed E-state index contributed by atoms with van der Waals surface area (Å²) in [7, 11) is 3.18. The highest BCUT2D eigenvalue weighted by Crippen LogP contribution is 2.43. The van der Waals surface area contributed by atoms with E-state index >= 15 is 0 Å². The third-order valence-corrected chi connectivity index (χ3v) is 6.62. The van der Waals surface area contributed by atoms with Crippen molar-refractivity contribution in [3.8, 4) is 22.9 Å². The predicted octanol–water partition coefficient (Wildman–Crippen LogP) is 5.51. The summed E-state index contributed by atoms with van der Waals surface area (Å²) in [4.78, 5) is 18.5. The Balaban J connectivity index is 1.67. The maximum atomic E-state index is 13.7. The van der Waals surface area contributed by atoms with Crippen LogP contribution in [0.25, 0.3) is 11.4 Å². The second kappa shape index (κ2) is 9.81. The Morgan fingerprint density at radius 3 is 2.43 bits per heavy atom. The van der Waals surface area contributed by atoms with Crippen molar-refractivity contribution in [1.82, 2.24) is 14.8 Å². The number of aromatic nitrogens is 3. The number of nitrogens with one attached hydrogen (secondary N) is 2. The van der Waals surface area contributed by atoms with Gasteiger partial charge in [-0.25, -0.2) is 4.68 Å². The second-order valence-electron chi connectivity index (χ2n) is 8.97. The molecule has 1 aliphatic rings. The van der Waals surface area contributed by atoms with E-state index in [0.717, 1.165) is 16.7 Å². The molecular weight excluding hydrogens is 466 g/mol. The lowest BCUT2D eigenvalue weighted by atomic mass is 9.94. The summed E-state index contributed by atoms with van der Waals surface area (Å²) in [6, 6.07) is 20.5. The van der Waals surface area contributed by atoms with E-state index in [1.165, 1.54) is 5.56 Å². The second-order valence-corrected chi connectivity index (χ2v) is 8.97. The van der Waals surface area contributed by atoms with Crippen molar-refractivity contribution in [2.45, 2.75) is 26.8 Å². The van der Waals surface area contributed by atoms with Crippen LogP contribution in [0, 0.1) is 13.8 Å². The van der Waals surface area contributed by atoms with Crippen LogP contribution in [0.1, 0.15) is 29.7 Å². The van der Waals surface area contributed by atoms with Crippen LogP contribution < -0.4 is 20.1 Å². The van der Waals surface area contributed by atoms with Gasteiger partial charge in [0.15, 0.2) is 17.3 Å². The number of methoxy groups -OCH3 is 2. The molecule has 37 heavy (non-hydrogen) atoms. The lowest BCUT2D eigenvalue weighted by Crippen LogP contribution is -2.31. The van der Waals surface area contributed by atoms with Crippen LogP contribution in [-0.4, -0.2) is 34.9 Å². The van der Waals surface area contributed by atoms with Gasteiger partial charge in [-0.1, -0.05) is 42.5 Å². The van der Waals surface area contributed by atoms with E-state index in [9.17, 15) is 4.79 Å². The van der Waals surface area contributed by atoms with Gasteiger partial charge in [0.25, 0.3) is 5.91 Å². The maximum absolute atomic E-state index is 13.7. The smallest absolute Gasteiger partial charge is 0.255 e. The van der Waals surface area contributed by atoms with Gasteiger partial charge in [0.05, 0.1) is 19.8 Å². The van der Waals surface area contributed by atoms with Crippen LogP contribution in [0.15, 0.2) is 78.0 Å². The first kappa shape index (κ1) is 24.1. The van der Waals surface area contributed by atoms with Crippen molar-refractivity contribution >= 4 is 17.5 Å². The highest BCUT2D eigenvalue weighted by Gasteiger charge is 2.36. The largest absolute Gasteiger partial charge is 0.493 e. The molecular formula is C29H29N5O3. The Labute approximate surface area is 216 Å². The third kappa shape index (κ3) is 4.42. The molecule has 1 atom stereocenters. The zero-order valence-corrected chi connectivity index (χ0v) is 21.5. The number of amides is 1. The third-order valence-electron chi connectivity index (χ3n) is 6.62. The molecule has 0 aliphatic carbocycles. The van der Waals surface area contributed by atoms with E-state index in [4.69, 9.17) is 19.6 Å². The van der Waals surface area contributed by atoms with E-state index in [-0.39, 0.29) is 5.91 Å². The summed E-state index contributed by atoms with van der Waals surface area (Å²) in [5, 5.41) is 11.2. The molecule has 2 N–H and O–H groups in total. The van der Waals surface area contributed by atoms with Gasteiger partial charge in [-0.15, -0.1) is 5.10 Å². The fourth-order valence-corrected chi connectivity index (χ4v) is 4.58. The number of allylic oxidation sites excluding steroid dienone is 1. The molecule has 0 spiro atoms. The number of nitrogens with zero attached hydrogens (tertiary/aromatic N) is 3. The van der Waals surface area contributed by atoms with Crippen LogP contribution in [0.3, 0.4) is 0 Å². The molecule has 188 valence electrons. The Morgan fingerprint density at radius 1 is 0.946 bits per heavy atom. The van der Waals surface area contributed by atoms with Crippen molar-refractivity contribution in [1.29, 1.82) is 0 Å². The predicted molar refractivity (Wildman–Crippen MR) is 144 cm³/mol. The average molecular weight is 496 g/mol. The molecule has 8 nitrogen and oxygen atoms in total. The Hall–Kier alpha value is -4.59. The zero-order valence-electron chi connectivity index (χ0n) is 21.5. The first-order valence-electron chi connectivity index (χ1n) is 12.0. The molecule has 3 aromatic carbocycles. The number of carbonyl (C=O) groups excluding carboxylic acids is 1. The number of ether oxygens (including phenoxy) is 2. The van der Waals surface area contributed by atoms with Crippen LogP contribution >= 0.6 is 0 Å². The molecule has 1 aromatic heterocycles. The number of hydrogen-bond donors (Lipinski definition) is 2. The topological polar surface area (TPSA) is 90.3 Å². The van der Waals surface area contributed by atoms with Gasteiger partial charge in [0.2, 0.25) is 5.95 Å². The number of hydrogen-bond acceptors (Lipinski definition) is 6. The highest BCUT2D eigenvalue weighted by atomic mass is 16.5. The van der Waals surface area contributed by atoms with Gasteiger partial charge in [-0.2, -0.15) is 4.98 Å². The molecule has 4 aromatic rings. The van der Waals surface area contributed by atoms with E-state index in [2.05, 4.69) is 36.6 Å². The van der Waals surface area contributed by atoms with Crippen LogP contribution in [-0.2, 0) is 4.79 Å².